The van der Waals surface area contributed by atoms with Crippen LogP contribution in [0.25, 0.3) is 0 Å². The van der Waals surface area contributed by atoms with Crippen LogP contribution in [0.5, 0.6) is 0 Å². The number of thiocarbonyl (C=S) groups is 1. The smallest absolute Gasteiger partial charge is 0.364 e. The van der Waals surface area contributed by atoms with Gasteiger partial charge in [-0.05, 0) is 12.2 Å². The molecule has 0 unspecified atom stereocenters. The number of hydrogen-bond donors (Lipinski definition) is 4. The van der Waals surface area contributed by atoms with Gasteiger partial charge in [-0.3, -0.25) is 9.89 Å². The molecule has 0 aromatic heterocycles. The molecule has 78 valence electrons. The van der Waals surface area contributed by atoms with Gasteiger partial charge in [0, 0.05) is 7.05 Å². The lowest BCUT2D eigenvalue weighted by atomic mass is 10.8. The number of halogens is 1. The van der Waals surface area contributed by atoms with Crippen molar-refractivity contribution in [1.29, 1.82) is 0 Å². The molecule has 0 aliphatic carbocycles. The fourth-order valence-corrected chi connectivity index (χ4v) is 0.627. The Balaban J connectivity index is 0. The van der Waals surface area contributed by atoms with Gasteiger partial charge >= 0.3 is 5.96 Å². The van der Waals surface area contributed by atoms with E-state index in [-0.39, 0.29) is 12.4 Å². The minimum atomic E-state index is 0. The topological polar surface area (TPSA) is 51.1 Å². The van der Waals surface area contributed by atoms with Crippen LogP contribution in [-0.4, -0.2) is 43.8 Å². The van der Waals surface area contributed by atoms with E-state index in [1.54, 1.807) is 7.05 Å². The van der Waals surface area contributed by atoms with Gasteiger partial charge in [0.1, 0.15) is 0 Å². The van der Waals surface area contributed by atoms with Crippen molar-refractivity contribution in [2.24, 2.45) is 0 Å². The van der Waals surface area contributed by atoms with E-state index in [0.717, 1.165) is 5.96 Å². The minimum Gasteiger partial charge on any atom is -0.364 e. The highest BCUT2D eigenvalue weighted by molar-refractivity contribution is 7.80. The van der Waals surface area contributed by atoms with Crippen LogP contribution < -0.4 is 21.5 Å². The third-order valence-corrected chi connectivity index (χ3v) is 1.51. The van der Waals surface area contributed by atoms with Crippen molar-refractivity contribution in [1.82, 2.24) is 21.5 Å². The lowest BCUT2D eigenvalue weighted by molar-refractivity contribution is -0.469. The molecular formula is C6H17ClN5S+. The summed E-state index contributed by atoms with van der Waals surface area (Å²) in [5.41, 5.74) is 5.69. The van der Waals surface area contributed by atoms with Gasteiger partial charge in [0.05, 0.1) is 21.1 Å². The second kappa shape index (κ2) is 7.88. The highest BCUT2D eigenvalue weighted by Gasteiger charge is 2.03. The van der Waals surface area contributed by atoms with Crippen LogP contribution >= 0.6 is 24.6 Å². The summed E-state index contributed by atoms with van der Waals surface area (Å²) in [6, 6.07) is 0. The Morgan fingerprint density at radius 3 is 1.92 bits per heavy atom. The number of hydrazine groups is 1. The molecule has 0 atom stereocenters. The van der Waals surface area contributed by atoms with Gasteiger partial charge in [-0.2, -0.15) is 5.43 Å². The zero-order valence-electron chi connectivity index (χ0n) is 8.26. The molecule has 0 fully saturated rings. The van der Waals surface area contributed by atoms with Crippen molar-refractivity contribution in [2.45, 2.75) is 0 Å². The first-order chi connectivity index (χ1) is 5.61. The molecule has 7 heteroatoms. The first kappa shape index (κ1) is 14.8. The number of guanidine groups is 1. The summed E-state index contributed by atoms with van der Waals surface area (Å²) < 4.78 is 1.89. The van der Waals surface area contributed by atoms with Crippen LogP contribution in [0, 0.1) is 0 Å². The molecule has 0 bridgehead atoms. The maximum absolute atomic E-state index is 4.86. The Bertz CT molecular complexity index is 189. The molecule has 0 amide bonds. The normalized spacial score (nSPS) is 7.69. The van der Waals surface area contributed by atoms with Crippen LogP contribution in [0.3, 0.4) is 0 Å². The second-order valence-electron chi connectivity index (χ2n) is 2.32. The lowest BCUT2D eigenvalue weighted by Gasteiger charge is -2.07. The maximum atomic E-state index is 4.86. The van der Waals surface area contributed by atoms with Crippen molar-refractivity contribution in [3.8, 4) is 0 Å². The Hall–Kier alpha value is -0.750. The van der Waals surface area contributed by atoms with Crippen LogP contribution in [0.4, 0.5) is 0 Å². The number of nitrogens with zero attached hydrogens (tertiary/aromatic N) is 1. The predicted molar refractivity (Wildman–Crippen MR) is 61.4 cm³/mol. The fourth-order valence-electron chi connectivity index (χ4n) is 0.576. The highest BCUT2D eigenvalue weighted by Crippen LogP contribution is 1.62. The Morgan fingerprint density at radius 2 is 1.62 bits per heavy atom. The molecule has 0 aromatic carbocycles. The molecule has 0 radical (unpaired) electrons. The van der Waals surface area contributed by atoms with E-state index in [1.807, 2.05) is 25.7 Å². The average molecular weight is 227 g/mol. The molecule has 4 N–H and O–H groups in total. The monoisotopic (exact) mass is 226 g/mol. The van der Waals surface area contributed by atoms with Crippen molar-refractivity contribution >= 4 is 35.7 Å². The molecule has 0 aliphatic rings. The Labute approximate surface area is 90.4 Å². The molecule has 0 aliphatic heterocycles. The molecular weight excluding hydrogens is 210 g/mol. The van der Waals surface area contributed by atoms with E-state index in [2.05, 4.69) is 21.5 Å². The summed E-state index contributed by atoms with van der Waals surface area (Å²) >= 11 is 4.86. The van der Waals surface area contributed by atoms with E-state index < -0.39 is 0 Å². The summed E-state index contributed by atoms with van der Waals surface area (Å²) in [5, 5.41) is 6.29. The third-order valence-electron chi connectivity index (χ3n) is 1.21. The van der Waals surface area contributed by atoms with E-state index in [9.17, 15) is 0 Å². The van der Waals surface area contributed by atoms with Crippen molar-refractivity contribution < 1.29 is 4.58 Å². The average Bonchev–Trinajstić information content (AvgIpc) is 2.04. The molecule has 0 aromatic rings. The van der Waals surface area contributed by atoms with Gasteiger partial charge in [-0.25, -0.2) is 5.43 Å². The zero-order valence-corrected chi connectivity index (χ0v) is 9.90. The maximum Gasteiger partial charge on any atom is 0.367 e. The van der Waals surface area contributed by atoms with Crippen LogP contribution in [0.2, 0.25) is 0 Å². The number of hydrogen-bond acceptors (Lipinski definition) is 1. The molecule has 0 heterocycles. The van der Waals surface area contributed by atoms with Crippen molar-refractivity contribution in [2.75, 3.05) is 28.2 Å². The summed E-state index contributed by atoms with van der Waals surface area (Å²) in [5.74, 6) is 0.840. The SMILES string of the molecule is CNC(=S)NNC(NC)=[N+](C)C.Cl. The first-order valence-electron chi connectivity index (χ1n) is 3.57. The summed E-state index contributed by atoms with van der Waals surface area (Å²) in [4.78, 5) is 0. The van der Waals surface area contributed by atoms with E-state index in [0.29, 0.717) is 5.11 Å². The Morgan fingerprint density at radius 1 is 1.08 bits per heavy atom. The van der Waals surface area contributed by atoms with Gasteiger partial charge < -0.3 is 5.32 Å². The lowest BCUT2D eigenvalue weighted by Crippen LogP contribution is -2.52. The summed E-state index contributed by atoms with van der Waals surface area (Å²) in [7, 11) is 7.42. The minimum absolute atomic E-state index is 0. The molecule has 13 heavy (non-hydrogen) atoms. The molecule has 0 spiro atoms. The zero-order chi connectivity index (χ0) is 9.56. The largest absolute Gasteiger partial charge is 0.367 e. The Kier molecular flexibility index (Phi) is 8.94. The summed E-state index contributed by atoms with van der Waals surface area (Å²) in [6.07, 6.45) is 0. The van der Waals surface area contributed by atoms with E-state index >= 15 is 0 Å². The molecule has 0 saturated heterocycles. The highest BCUT2D eigenvalue weighted by atomic mass is 35.5. The van der Waals surface area contributed by atoms with Crippen LogP contribution in [0.1, 0.15) is 0 Å². The molecule has 0 rings (SSSR count). The quantitative estimate of drug-likeness (QED) is 0.138. The van der Waals surface area contributed by atoms with Crippen LogP contribution in [0.15, 0.2) is 0 Å². The molecule has 0 saturated carbocycles. The van der Waals surface area contributed by atoms with Crippen LogP contribution in [-0.2, 0) is 0 Å². The van der Waals surface area contributed by atoms with Gasteiger partial charge in [0.15, 0.2) is 5.11 Å². The van der Waals surface area contributed by atoms with E-state index in [1.165, 1.54) is 0 Å². The predicted octanol–water partition coefficient (Wildman–Crippen LogP) is -1.15. The van der Waals surface area contributed by atoms with Gasteiger partial charge in [-0.1, -0.05) is 0 Å². The molecule has 5 nitrogen and oxygen atoms in total. The van der Waals surface area contributed by atoms with Gasteiger partial charge in [-0.15, -0.1) is 12.4 Å². The number of rotatable bonds is 0. The second-order valence-corrected chi connectivity index (χ2v) is 2.73. The van der Waals surface area contributed by atoms with Crippen molar-refractivity contribution in [3.05, 3.63) is 0 Å². The number of nitrogens with one attached hydrogen (secondary N) is 4. The van der Waals surface area contributed by atoms with Crippen molar-refractivity contribution in [3.63, 3.8) is 0 Å². The van der Waals surface area contributed by atoms with E-state index in [4.69, 9.17) is 12.2 Å². The summed E-state index contributed by atoms with van der Waals surface area (Å²) in [6.45, 7) is 0. The fraction of sp³-hybridized carbons (Fsp3) is 0.667. The van der Waals surface area contributed by atoms with Gasteiger partial charge in [0.25, 0.3) is 0 Å². The first-order valence-corrected chi connectivity index (χ1v) is 3.98. The third kappa shape index (κ3) is 6.41. The van der Waals surface area contributed by atoms with Gasteiger partial charge in [0.2, 0.25) is 0 Å². The standard InChI is InChI=1S/C6H15N5S.ClH/c1-7-5(11(3)4)9-10-6(12)8-2;/h1-4H3,(H3,7,8,9,10,12);1H/p+1.